The van der Waals surface area contributed by atoms with Gasteiger partial charge in [0.15, 0.2) is 6.61 Å². The second-order valence-electron chi connectivity index (χ2n) is 7.62. The molecule has 136 valence electrons. The zero-order valence-corrected chi connectivity index (χ0v) is 15.6. The van der Waals surface area contributed by atoms with Crippen molar-refractivity contribution in [1.29, 1.82) is 0 Å². The van der Waals surface area contributed by atoms with Gasteiger partial charge in [-0.1, -0.05) is 44.5 Å². The Bertz CT molecular complexity index is 835. The lowest BCUT2D eigenvalue weighted by Gasteiger charge is -2.31. The monoisotopic (exact) mass is 352 g/mol. The zero-order valence-electron chi connectivity index (χ0n) is 15.6. The van der Waals surface area contributed by atoms with Crippen molar-refractivity contribution in [2.45, 2.75) is 33.1 Å². The van der Waals surface area contributed by atoms with Crippen LogP contribution in [0.4, 0.5) is 11.4 Å². The number of fused-ring (bicyclic) bond motifs is 1. The smallest absolute Gasteiger partial charge is 0.265 e. The third-order valence-electron chi connectivity index (χ3n) is 4.41. The number of rotatable bonds is 3. The molecular formula is C21H24N2O3. The lowest BCUT2D eigenvalue weighted by Crippen LogP contribution is -2.43. The number of carbonyl (C=O) groups is 2. The molecule has 3 rings (SSSR count). The Kier molecular flexibility index (Phi) is 4.72. The second-order valence-corrected chi connectivity index (χ2v) is 7.62. The maximum Gasteiger partial charge on any atom is 0.265 e. The van der Waals surface area contributed by atoms with E-state index < -0.39 is 0 Å². The number of carbonyl (C=O) groups excluding carboxylic acids is 2. The number of nitrogens with one attached hydrogen (secondary N) is 1. The van der Waals surface area contributed by atoms with E-state index in [0.29, 0.717) is 17.1 Å². The highest BCUT2D eigenvalue weighted by molar-refractivity contribution is 6.05. The van der Waals surface area contributed by atoms with Gasteiger partial charge in [-0.25, -0.2) is 0 Å². The molecule has 1 aliphatic heterocycles. The first kappa shape index (κ1) is 18.0. The molecule has 0 aromatic heterocycles. The van der Waals surface area contributed by atoms with Crippen LogP contribution in [-0.2, 0) is 15.0 Å². The van der Waals surface area contributed by atoms with Crippen LogP contribution in [0.1, 0.15) is 31.9 Å². The minimum atomic E-state index is -0.240. The lowest BCUT2D eigenvalue weighted by molar-refractivity contribution is -0.123. The van der Waals surface area contributed by atoms with Crippen LogP contribution in [0.5, 0.6) is 5.75 Å². The average molecular weight is 352 g/mol. The molecule has 2 amide bonds. The SMILES string of the molecule is Cc1ccc(NC(=O)CN2C(=O)COc3ccc(C(C)(C)C)cc32)cc1. The van der Waals surface area contributed by atoms with Crippen molar-refractivity contribution in [3.63, 3.8) is 0 Å². The molecule has 0 aliphatic carbocycles. The van der Waals surface area contributed by atoms with Gasteiger partial charge in [0.25, 0.3) is 5.91 Å². The summed E-state index contributed by atoms with van der Waals surface area (Å²) in [7, 11) is 0. The fraction of sp³-hybridized carbons (Fsp3) is 0.333. The first-order valence-electron chi connectivity index (χ1n) is 8.68. The Balaban J connectivity index is 1.82. The fourth-order valence-corrected chi connectivity index (χ4v) is 2.82. The molecule has 0 spiro atoms. The van der Waals surface area contributed by atoms with E-state index in [-0.39, 0.29) is 30.4 Å². The molecule has 2 aromatic rings. The van der Waals surface area contributed by atoms with E-state index in [1.54, 1.807) is 0 Å². The Labute approximate surface area is 154 Å². The quantitative estimate of drug-likeness (QED) is 0.917. The molecule has 0 unspecified atom stereocenters. The number of hydrogen-bond donors (Lipinski definition) is 1. The number of anilines is 2. The van der Waals surface area contributed by atoms with Crippen molar-refractivity contribution in [2.75, 3.05) is 23.4 Å². The molecular weight excluding hydrogens is 328 g/mol. The molecule has 5 nitrogen and oxygen atoms in total. The largest absolute Gasteiger partial charge is 0.482 e. The van der Waals surface area contributed by atoms with Gasteiger partial charge in [0.05, 0.1) is 5.69 Å². The maximum absolute atomic E-state index is 12.5. The van der Waals surface area contributed by atoms with Gasteiger partial charge in [-0.05, 0) is 42.2 Å². The van der Waals surface area contributed by atoms with Crippen molar-refractivity contribution in [3.8, 4) is 5.75 Å². The van der Waals surface area contributed by atoms with Crippen LogP contribution >= 0.6 is 0 Å². The highest BCUT2D eigenvalue weighted by Crippen LogP contribution is 2.36. The van der Waals surface area contributed by atoms with Gasteiger partial charge in [0.2, 0.25) is 5.91 Å². The van der Waals surface area contributed by atoms with Crippen LogP contribution in [0.25, 0.3) is 0 Å². The molecule has 1 N–H and O–H groups in total. The first-order valence-corrected chi connectivity index (χ1v) is 8.68. The van der Waals surface area contributed by atoms with Gasteiger partial charge in [-0.15, -0.1) is 0 Å². The van der Waals surface area contributed by atoms with Crippen LogP contribution in [0.15, 0.2) is 42.5 Å². The normalized spacial score (nSPS) is 13.8. The number of nitrogens with zero attached hydrogens (tertiary/aromatic N) is 1. The molecule has 0 saturated heterocycles. The van der Waals surface area contributed by atoms with Crippen LogP contribution in [0.2, 0.25) is 0 Å². The molecule has 1 aliphatic rings. The standard InChI is InChI=1S/C21H24N2O3/c1-14-5-8-16(9-6-14)22-19(24)12-23-17-11-15(21(2,3)4)7-10-18(17)26-13-20(23)25/h5-11H,12-13H2,1-4H3,(H,22,24). The van der Waals surface area contributed by atoms with E-state index in [1.807, 2.05) is 49.4 Å². The number of ether oxygens (including phenoxy) is 1. The van der Waals surface area contributed by atoms with E-state index in [0.717, 1.165) is 11.1 Å². The van der Waals surface area contributed by atoms with Crippen LogP contribution < -0.4 is 15.0 Å². The van der Waals surface area contributed by atoms with Crippen LogP contribution in [0.3, 0.4) is 0 Å². The zero-order chi connectivity index (χ0) is 18.9. The average Bonchev–Trinajstić information content (AvgIpc) is 2.58. The summed E-state index contributed by atoms with van der Waals surface area (Å²) in [6.07, 6.45) is 0. The van der Waals surface area contributed by atoms with Gasteiger partial charge < -0.3 is 10.1 Å². The molecule has 2 aromatic carbocycles. The van der Waals surface area contributed by atoms with Gasteiger partial charge in [-0.2, -0.15) is 0 Å². The minimum Gasteiger partial charge on any atom is -0.482 e. The predicted octanol–water partition coefficient (Wildman–Crippen LogP) is 3.66. The third kappa shape index (κ3) is 3.87. The van der Waals surface area contributed by atoms with Crippen molar-refractivity contribution in [3.05, 3.63) is 53.6 Å². The van der Waals surface area contributed by atoms with Crippen LogP contribution in [-0.4, -0.2) is 25.0 Å². The summed E-state index contributed by atoms with van der Waals surface area (Å²) >= 11 is 0. The maximum atomic E-state index is 12.5. The summed E-state index contributed by atoms with van der Waals surface area (Å²) in [5.74, 6) is 0.166. The fourth-order valence-electron chi connectivity index (χ4n) is 2.82. The minimum absolute atomic E-state index is 0.0450. The Morgan fingerprint density at radius 2 is 1.85 bits per heavy atom. The summed E-state index contributed by atoms with van der Waals surface area (Å²) < 4.78 is 5.52. The van der Waals surface area contributed by atoms with Crippen molar-refractivity contribution in [1.82, 2.24) is 0 Å². The Morgan fingerprint density at radius 3 is 2.50 bits per heavy atom. The van der Waals surface area contributed by atoms with Gasteiger partial charge >= 0.3 is 0 Å². The van der Waals surface area contributed by atoms with Gasteiger partial charge in [0.1, 0.15) is 12.3 Å². The highest BCUT2D eigenvalue weighted by atomic mass is 16.5. The highest BCUT2D eigenvalue weighted by Gasteiger charge is 2.29. The molecule has 1 heterocycles. The molecule has 5 heteroatoms. The van der Waals surface area contributed by atoms with Gasteiger partial charge in [-0.3, -0.25) is 14.5 Å². The summed E-state index contributed by atoms with van der Waals surface area (Å²) in [5.41, 5.74) is 3.50. The summed E-state index contributed by atoms with van der Waals surface area (Å²) in [6, 6.07) is 13.4. The van der Waals surface area contributed by atoms with E-state index in [4.69, 9.17) is 4.74 Å². The Morgan fingerprint density at radius 1 is 1.15 bits per heavy atom. The molecule has 0 fully saturated rings. The molecule has 26 heavy (non-hydrogen) atoms. The Hall–Kier alpha value is -2.82. The van der Waals surface area contributed by atoms with E-state index >= 15 is 0 Å². The summed E-state index contributed by atoms with van der Waals surface area (Å²) in [4.78, 5) is 26.3. The predicted molar refractivity (Wildman–Crippen MR) is 103 cm³/mol. The summed E-state index contributed by atoms with van der Waals surface area (Å²) in [5, 5.41) is 2.84. The lowest BCUT2D eigenvalue weighted by atomic mass is 9.86. The molecule has 0 atom stereocenters. The van der Waals surface area contributed by atoms with Gasteiger partial charge in [0, 0.05) is 5.69 Å². The molecule has 0 bridgehead atoms. The van der Waals surface area contributed by atoms with E-state index in [2.05, 4.69) is 26.1 Å². The topological polar surface area (TPSA) is 58.6 Å². The van der Waals surface area contributed by atoms with E-state index in [9.17, 15) is 9.59 Å². The third-order valence-corrected chi connectivity index (χ3v) is 4.41. The van der Waals surface area contributed by atoms with E-state index in [1.165, 1.54) is 4.90 Å². The molecule has 0 radical (unpaired) electrons. The molecule has 0 saturated carbocycles. The van der Waals surface area contributed by atoms with Crippen molar-refractivity contribution < 1.29 is 14.3 Å². The number of benzene rings is 2. The van der Waals surface area contributed by atoms with Crippen molar-refractivity contribution in [2.24, 2.45) is 0 Å². The number of amides is 2. The first-order chi connectivity index (χ1) is 12.2. The summed E-state index contributed by atoms with van der Waals surface area (Å²) in [6.45, 7) is 8.20. The van der Waals surface area contributed by atoms with Crippen LogP contribution in [0, 0.1) is 6.92 Å². The second kappa shape index (κ2) is 6.83. The number of aryl methyl sites for hydroxylation is 1. The number of hydrogen-bond acceptors (Lipinski definition) is 3. The van der Waals surface area contributed by atoms with Crippen molar-refractivity contribution >= 4 is 23.2 Å².